The van der Waals surface area contributed by atoms with E-state index in [0.29, 0.717) is 23.3 Å². The highest BCUT2D eigenvalue weighted by Gasteiger charge is 2.57. The Morgan fingerprint density at radius 3 is 2.55 bits per heavy atom. The van der Waals surface area contributed by atoms with E-state index in [9.17, 15) is 13.2 Å². The van der Waals surface area contributed by atoms with Crippen molar-refractivity contribution in [1.29, 1.82) is 0 Å². The number of carbonyl (C=O) groups is 1. The molecule has 2 N–H and O–H groups in total. The molecule has 3 fully saturated rings. The van der Waals surface area contributed by atoms with E-state index >= 15 is 0 Å². The number of aliphatic carboxylic acids is 1. The maximum Gasteiger partial charge on any atom is 0.303 e. The molecule has 3 aliphatic rings. The summed E-state index contributed by atoms with van der Waals surface area (Å²) in [6.07, 6.45) is 8.49. The van der Waals surface area contributed by atoms with Gasteiger partial charge >= 0.3 is 5.97 Å². The molecule has 160 valence electrons. The molecule has 0 heterocycles. The number of carboxylic acid groups (broad SMARTS) is 1. The van der Waals surface area contributed by atoms with Gasteiger partial charge in [0, 0.05) is 17.5 Å². The van der Waals surface area contributed by atoms with Gasteiger partial charge in [-0.25, -0.2) is 13.1 Å². The minimum atomic E-state index is -3.60. The summed E-state index contributed by atoms with van der Waals surface area (Å²) in [4.78, 5) is 10.9. The molecule has 29 heavy (non-hydrogen) atoms. The van der Waals surface area contributed by atoms with Gasteiger partial charge in [0.1, 0.15) is 0 Å². The highest BCUT2D eigenvalue weighted by molar-refractivity contribution is 7.89. The largest absolute Gasteiger partial charge is 0.481 e. The van der Waals surface area contributed by atoms with Crippen molar-refractivity contribution in [3.8, 4) is 0 Å². The number of unbranched alkanes of at least 4 members (excludes halogenated alkanes) is 1. The maximum absolute atomic E-state index is 12.9. The number of hydrogen-bond donors (Lipinski definition) is 2. The van der Waals surface area contributed by atoms with Gasteiger partial charge in [-0.3, -0.25) is 4.79 Å². The van der Waals surface area contributed by atoms with Crippen molar-refractivity contribution in [2.75, 3.05) is 0 Å². The van der Waals surface area contributed by atoms with E-state index in [0.717, 1.165) is 25.7 Å². The number of halogens is 1. The fourth-order valence-electron chi connectivity index (χ4n) is 5.03. The van der Waals surface area contributed by atoms with Crippen molar-refractivity contribution in [2.24, 2.45) is 23.2 Å². The first-order valence-electron chi connectivity index (χ1n) is 10.3. The molecule has 0 radical (unpaired) electrons. The third-order valence-corrected chi connectivity index (χ3v) is 8.64. The smallest absolute Gasteiger partial charge is 0.303 e. The number of carboxylic acids is 1. The Bertz CT molecular complexity index is 863. The quantitative estimate of drug-likeness (QED) is 0.424. The Labute approximate surface area is 178 Å². The van der Waals surface area contributed by atoms with Gasteiger partial charge in [0.2, 0.25) is 10.0 Å². The van der Waals surface area contributed by atoms with E-state index in [1.807, 2.05) is 6.08 Å². The van der Waals surface area contributed by atoms with Crippen LogP contribution in [0.2, 0.25) is 5.02 Å². The summed E-state index contributed by atoms with van der Waals surface area (Å²) in [5.74, 6) is 0.501. The van der Waals surface area contributed by atoms with E-state index in [1.165, 1.54) is 12.1 Å². The molecule has 3 saturated carbocycles. The zero-order valence-electron chi connectivity index (χ0n) is 17.0. The summed E-state index contributed by atoms with van der Waals surface area (Å²) in [5, 5.41) is 9.24. The van der Waals surface area contributed by atoms with Gasteiger partial charge in [0.05, 0.1) is 4.90 Å². The molecule has 5 nitrogen and oxygen atoms in total. The first-order valence-corrected chi connectivity index (χ1v) is 12.1. The monoisotopic (exact) mass is 439 g/mol. The van der Waals surface area contributed by atoms with Crippen molar-refractivity contribution in [1.82, 2.24) is 4.72 Å². The second-order valence-electron chi connectivity index (χ2n) is 8.93. The molecule has 0 saturated heterocycles. The second kappa shape index (κ2) is 8.78. The zero-order chi connectivity index (χ0) is 21.2. The van der Waals surface area contributed by atoms with Crippen molar-refractivity contribution >= 4 is 27.6 Å². The second-order valence-corrected chi connectivity index (χ2v) is 11.1. The van der Waals surface area contributed by atoms with Crippen LogP contribution < -0.4 is 4.72 Å². The van der Waals surface area contributed by atoms with Crippen molar-refractivity contribution in [3.05, 3.63) is 41.4 Å². The lowest BCUT2D eigenvalue weighted by Crippen LogP contribution is -2.61. The number of rotatable bonds is 9. The van der Waals surface area contributed by atoms with Crippen LogP contribution in [0.3, 0.4) is 0 Å². The average molecular weight is 440 g/mol. The molecule has 0 unspecified atom stereocenters. The van der Waals surface area contributed by atoms with Gasteiger partial charge in [-0.15, -0.1) is 0 Å². The molecule has 0 aliphatic heterocycles. The minimum absolute atomic E-state index is 0.0869. The van der Waals surface area contributed by atoms with Crippen molar-refractivity contribution < 1.29 is 18.3 Å². The van der Waals surface area contributed by atoms with Crippen LogP contribution in [0.5, 0.6) is 0 Å². The van der Waals surface area contributed by atoms with Crippen molar-refractivity contribution in [3.63, 3.8) is 0 Å². The van der Waals surface area contributed by atoms with Crippen LogP contribution in [0.25, 0.3) is 0 Å². The molecule has 1 aromatic rings. The Hall–Kier alpha value is -1.37. The normalized spacial score (nSPS) is 28.2. The van der Waals surface area contributed by atoms with Crippen LogP contribution in [-0.2, 0) is 14.8 Å². The maximum atomic E-state index is 12.9. The molecule has 2 bridgehead atoms. The first kappa shape index (κ1) is 22.3. The van der Waals surface area contributed by atoms with Gasteiger partial charge < -0.3 is 5.11 Å². The molecule has 3 aliphatic carbocycles. The number of benzene rings is 1. The van der Waals surface area contributed by atoms with Gasteiger partial charge in [-0.1, -0.05) is 37.6 Å². The lowest BCUT2D eigenvalue weighted by Gasteiger charge is -2.62. The molecule has 4 atom stereocenters. The van der Waals surface area contributed by atoms with Crippen molar-refractivity contribution in [2.45, 2.75) is 63.3 Å². The standard InChI is InChI=1S/C22H30ClNO4S/c1-22(2)15-13-19(22)18(7-5-3-4-6-8-21(25)26)20(14-15)24-29(27,28)17-11-9-16(23)10-12-17/h3,5,9-12,15,18-20,24H,4,6-8,13-14H2,1-2H3,(H,25,26)/t15-,18+,19+,20+/m1/s1. The predicted molar refractivity (Wildman–Crippen MR) is 114 cm³/mol. The molecule has 0 amide bonds. The average Bonchev–Trinajstić information content (AvgIpc) is 2.64. The summed E-state index contributed by atoms with van der Waals surface area (Å²) in [7, 11) is -3.60. The summed E-state index contributed by atoms with van der Waals surface area (Å²) in [5.41, 5.74) is 0.240. The third kappa shape index (κ3) is 5.04. The topological polar surface area (TPSA) is 83.5 Å². The highest BCUT2D eigenvalue weighted by Crippen LogP contribution is 2.62. The summed E-state index contributed by atoms with van der Waals surface area (Å²) in [6.45, 7) is 4.58. The Kier molecular flexibility index (Phi) is 6.76. The Morgan fingerprint density at radius 2 is 1.93 bits per heavy atom. The van der Waals surface area contributed by atoms with Crippen LogP contribution in [0, 0.1) is 23.2 Å². The molecule has 0 spiro atoms. The minimum Gasteiger partial charge on any atom is -0.481 e. The SMILES string of the molecule is CC1(C)[C@H]2C[C@H](NS(=O)(=O)c3ccc(Cl)cc3)[C@@H](CC=CCCCC(=O)O)[C@@H]1C2. The first-order chi connectivity index (χ1) is 13.6. The summed E-state index contributed by atoms with van der Waals surface area (Å²) < 4.78 is 28.7. The van der Waals surface area contributed by atoms with Gasteiger partial charge in [0.25, 0.3) is 0 Å². The number of nitrogens with one attached hydrogen (secondary N) is 1. The van der Waals surface area contributed by atoms with Crippen LogP contribution in [0.4, 0.5) is 0 Å². The van der Waals surface area contributed by atoms with Gasteiger partial charge in [-0.05, 0) is 79.5 Å². The molecular weight excluding hydrogens is 410 g/mol. The number of sulfonamides is 1. The van der Waals surface area contributed by atoms with E-state index in [4.69, 9.17) is 16.7 Å². The Morgan fingerprint density at radius 1 is 1.24 bits per heavy atom. The lowest BCUT2D eigenvalue weighted by atomic mass is 9.44. The molecule has 1 aromatic carbocycles. The van der Waals surface area contributed by atoms with E-state index in [-0.39, 0.29) is 28.7 Å². The van der Waals surface area contributed by atoms with E-state index in [1.54, 1.807) is 12.1 Å². The summed E-state index contributed by atoms with van der Waals surface area (Å²) in [6, 6.07) is 6.17. The van der Waals surface area contributed by atoms with E-state index in [2.05, 4.69) is 24.6 Å². The number of allylic oxidation sites excluding steroid dienone is 2. The number of fused-ring (bicyclic) bond motifs is 2. The molecule has 0 aromatic heterocycles. The van der Waals surface area contributed by atoms with Crippen LogP contribution >= 0.6 is 11.6 Å². The zero-order valence-corrected chi connectivity index (χ0v) is 18.5. The Balaban J connectivity index is 1.68. The fraction of sp³-hybridized carbons (Fsp3) is 0.591. The van der Waals surface area contributed by atoms with Gasteiger partial charge in [-0.2, -0.15) is 0 Å². The molecule has 7 heteroatoms. The van der Waals surface area contributed by atoms with Crippen LogP contribution in [0.15, 0.2) is 41.3 Å². The lowest BCUT2D eigenvalue weighted by molar-refractivity contribution is -0.137. The predicted octanol–water partition coefficient (Wildman–Crippen LogP) is 4.87. The number of hydrogen-bond acceptors (Lipinski definition) is 3. The highest BCUT2D eigenvalue weighted by atomic mass is 35.5. The van der Waals surface area contributed by atoms with Gasteiger partial charge in [0.15, 0.2) is 0 Å². The fourth-order valence-corrected chi connectivity index (χ4v) is 6.46. The molecular formula is C22H30ClNO4S. The van der Waals surface area contributed by atoms with Crippen LogP contribution in [0.1, 0.15) is 52.4 Å². The third-order valence-electron chi connectivity index (χ3n) is 6.89. The van der Waals surface area contributed by atoms with Crippen LogP contribution in [-0.4, -0.2) is 25.5 Å². The van der Waals surface area contributed by atoms with E-state index < -0.39 is 16.0 Å². The summed E-state index contributed by atoms with van der Waals surface area (Å²) >= 11 is 5.89. The molecule has 4 rings (SSSR count).